The summed E-state index contributed by atoms with van der Waals surface area (Å²) in [5.74, 6) is 0. The molecule has 1 nitrogen and oxygen atoms in total. The molecule has 0 atom stereocenters. The lowest BCUT2D eigenvalue weighted by molar-refractivity contribution is 1.04. The van der Waals surface area contributed by atoms with Crippen molar-refractivity contribution in [1.29, 1.82) is 0 Å². The molecule has 3 heteroatoms. The van der Waals surface area contributed by atoms with Gasteiger partial charge in [0.1, 0.15) is 0 Å². The van der Waals surface area contributed by atoms with Gasteiger partial charge in [-0.3, -0.25) is 0 Å². The molecule has 1 rings (SSSR count). The Hall–Kier alpha value is 0.394. The summed E-state index contributed by atoms with van der Waals surface area (Å²) in [4.78, 5) is 3.42. The Morgan fingerprint density at radius 2 is 2.60 bits per heavy atom. The van der Waals surface area contributed by atoms with E-state index in [1.54, 1.807) is 6.04 Å². The van der Waals surface area contributed by atoms with Crippen molar-refractivity contribution >= 4 is 18.2 Å². The minimum absolute atomic E-state index is 0.432. The molecule has 1 aliphatic heterocycles. The Morgan fingerprint density at radius 3 is 2.80 bits per heavy atom. The first-order chi connectivity index (χ1) is 2.50. The quantitative estimate of drug-likeness (QED) is 0.356. The minimum atomic E-state index is 0.432. The molecule has 0 amide bonds. The van der Waals surface area contributed by atoms with Crippen molar-refractivity contribution in [2.75, 3.05) is 6.54 Å². The SMILES string of the molecule is C1C[SiH2][SiH2]N1. The summed E-state index contributed by atoms with van der Waals surface area (Å²) >= 11 is 0. The van der Waals surface area contributed by atoms with E-state index in [4.69, 9.17) is 0 Å². The average molecular weight is 103 g/mol. The molecular formula is C2H9NSi2. The van der Waals surface area contributed by atoms with E-state index in [-0.39, 0.29) is 0 Å². The van der Waals surface area contributed by atoms with Crippen LogP contribution < -0.4 is 4.98 Å². The van der Waals surface area contributed by atoms with E-state index in [0.717, 1.165) is 0 Å². The van der Waals surface area contributed by atoms with E-state index < -0.39 is 0 Å². The Morgan fingerprint density at radius 1 is 1.60 bits per heavy atom. The Kier molecular flexibility index (Phi) is 1.25. The molecule has 5 heavy (non-hydrogen) atoms. The van der Waals surface area contributed by atoms with E-state index in [1.165, 1.54) is 6.54 Å². The number of nitrogens with one attached hydrogen (secondary N) is 1. The van der Waals surface area contributed by atoms with E-state index in [2.05, 4.69) is 4.98 Å². The Bertz CT molecular complexity index is 19.2. The first-order valence-electron chi connectivity index (χ1n) is 2.21. The highest BCUT2D eigenvalue weighted by Crippen LogP contribution is 1.77. The van der Waals surface area contributed by atoms with Crippen LogP contribution in [0.1, 0.15) is 0 Å². The monoisotopic (exact) mass is 103 g/mol. The molecule has 0 aromatic rings. The van der Waals surface area contributed by atoms with Gasteiger partial charge in [0, 0.05) is 9.04 Å². The largest absolute Gasteiger partial charge is 0.345 e. The molecule has 0 radical (unpaired) electrons. The van der Waals surface area contributed by atoms with Gasteiger partial charge < -0.3 is 4.98 Å². The fourth-order valence-electron chi connectivity index (χ4n) is 0.625. The molecule has 0 aromatic carbocycles. The lowest BCUT2D eigenvalue weighted by atomic mass is 10.8. The molecule has 1 saturated heterocycles. The molecule has 30 valence electrons. The molecule has 0 bridgehead atoms. The molecule has 0 spiro atoms. The van der Waals surface area contributed by atoms with Crippen molar-refractivity contribution in [2.24, 2.45) is 0 Å². The van der Waals surface area contributed by atoms with Gasteiger partial charge in [0.2, 0.25) is 0 Å². The summed E-state index contributed by atoms with van der Waals surface area (Å²) in [7, 11) is 1.00. The van der Waals surface area contributed by atoms with E-state index in [9.17, 15) is 0 Å². The third-order valence-corrected chi connectivity index (χ3v) is 6.49. The van der Waals surface area contributed by atoms with Crippen molar-refractivity contribution in [3.63, 3.8) is 0 Å². The van der Waals surface area contributed by atoms with Crippen LogP contribution in [0.15, 0.2) is 0 Å². The van der Waals surface area contributed by atoms with Gasteiger partial charge >= 0.3 is 0 Å². The predicted molar refractivity (Wildman–Crippen MR) is 29.9 cm³/mol. The lowest BCUT2D eigenvalue weighted by Crippen LogP contribution is -2.11. The molecule has 0 saturated carbocycles. The maximum absolute atomic E-state index is 3.42. The molecule has 0 unspecified atom stereocenters. The predicted octanol–water partition coefficient (Wildman–Crippen LogP) is -1.82. The zero-order valence-corrected chi connectivity index (χ0v) is 6.16. The third kappa shape index (κ3) is 0.865. The van der Waals surface area contributed by atoms with Crippen LogP contribution in [-0.2, 0) is 0 Å². The van der Waals surface area contributed by atoms with Crippen molar-refractivity contribution in [3.05, 3.63) is 0 Å². The summed E-state index contributed by atoms with van der Waals surface area (Å²) in [5, 5.41) is 0. The zero-order chi connectivity index (χ0) is 3.54. The minimum Gasteiger partial charge on any atom is -0.345 e. The molecule has 1 N–H and O–H groups in total. The topological polar surface area (TPSA) is 12.0 Å². The standard InChI is InChI=1S/C2H9NSi2/c1-2-4-5-3-1/h3H,1-2,4-5H2. The number of rotatable bonds is 0. The molecule has 0 aromatic heterocycles. The van der Waals surface area contributed by atoms with Crippen LogP contribution in [0, 0.1) is 0 Å². The van der Waals surface area contributed by atoms with Crippen molar-refractivity contribution < 1.29 is 0 Å². The highest BCUT2D eigenvalue weighted by molar-refractivity contribution is 7.00. The zero-order valence-electron chi connectivity index (χ0n) is 3.33. The molecule has 0 aliphatic carbocycles. The van der Waals surface area contributed by atoms with Gasteiger partial charge in [-0.1, -0.05) is 6.04 Å². The first kappa shape index (κ1) is 3.58. The summed E-state index contributed by atoms with van der Waals surface area (Å²) in [6, 6.07) is 1.59. The second kappa shape index (κ2) is 1.74. The van der Waals surface area contributed by atoms with Crippen LogP contribution in [0.5, 0.6) is 0 Å². The summed E-state index contributed by atoms with van der Waals surface area (Å²) in [5.41, 5.74) is 0. The lowest BCUT2D eigenvalue weighted by Gasteiger charge is -1.76. The second-order valence-corrected chi connectivity index (χ2v) is 7.49. The average Bonchev–Trinajstić information content (AvgIpc) is 1.76. The summed E-state index contributed by atoms with van der Waals surface area (Å²) < 4.78 is 0. The smallest absolute Gasteiger partial charge is 0.0760 e. The van der Waals surface area contributed by atoms with Crippen LogP contribution in [0.25, 0.3) is 0 Å². The van der Waals surface area contributed by atoms with Gasteiger partial charge in [-0.15, -0.1) is 0 Å². The number of hydrogen-bond acceptors (Lipinski definition) is 1. The summed E-state index contributed by atoms with van der Waals surface area (Å²) in [6.07, 6.45) is 0. The van der Waals surface area contributed by atoms with Crippen LogP contribution in [0.4, 0.5) is 0 Å². The molecule has 1 fully saturated rings. The van der Waals surface area contributed by atoms with Gasteiger partial charge in [0.15, 0.2) is 0 Å². The highest BCUT2D eigenvalue weighted by Gasteiger charge is 1.95. The van der Waals surface area contributed by atoms with E-state index in [1.807, 2.05) is 0 Å². The second-order valence-electron chi connectivity index (χ2n) is 1.46. The van der Waals surface area contributed by atoms with Crippen molar-refractivity contribution in [2.45, 2.75) is 6.04 Å². The van der Waals surface area contributed by atoms with Crippen LogP contribution >= 0.6 is 0 Å². The highest BCUT2D eigenvalue weighted by atomic mass is 29.1. The maximum atomic E-state index is 3.42. The van der Waals surface area contributed by atoms with Crippen LogP contribution in [-0.4, -0.2) is 24.8 Å². The van der Waals surface area contributed by atoms with Gasteiger partial charge in [-0.05, 0) is 6.54 Å². The van der Waals surface area contributed by atoms with Gasteiger partial charge in [0.25, 0.3) is 0 Å². The maximum Gasteiger partial charge on any atom is 0.0760 e. The third-order valence-electron chi connectivity index (χ3n) is 0.957. The molecule has 1 heterocycles. The van der Waals surface area contributed by atoms with Crippen LogP contribution in [0.3, 0.4) is 0 Å². The fourth-order valence-corrected chi connectivity index (χ4v) is 5.62. The number of hydrogen-bond donors (Lipinski definition) is 1. The first-order valence-corrected chi connectivity index (χ1v) is 7.91. The Labute approximate surface area is 36.7 Å². The van der Waals surface area contributed by atoms with Gasteiger partial charge in [-0.25, -0.2) is 0 Å². The van der Waals surface area contributed by atoms with Crippen molar-refractivity contribution in [1.82, 2.24) is 4.98 Å². The van der Waals surface area contributed by atoms with E-state index >= 15 is 0 Å². The van der Waals surface area contributed by atoms with Crippen molar-refractivity contribution in [3.8, 4) is 0 Å². The van der Waals surface area contributed by atoms with Crippen LogP contribution in [0.2, 0.25) is 6.04 Å². The summed E-state index contributed by atoms with van der Waals surface area (Å²) in [6.45, 7) is 1.37. The fraction of sp³-hybridized carbons (Fsp3) is 1.00. The van der Waals surface area contributed by atoms with E-state index in [0.29, 0.717) is 18.2 Å². The normalized spacial score (nSPS) is 33.6. The van der Waals surface area contributed by atoms with Gasteiger partial charge in [-0.2, -0.15) is 0 Å². The Balaban J connectivity index is 2.08. The molecular weight excluding hydrogens is 94.2 g/mol. The van der Waals surface area contributed by atoms with Gasteiger partial charge in [0.05, 0.1) is 9.20 Å². The molecule has 1 aliphatic rings.